The first-order chi connectivity index (χ1) is 15.6. The molecule has 3 heterocycles. The maximum absolute atomic E-state index is 15.4. The average molecular weight is 482 g/mol. The number of pyridine rings is 1. The van der Waals surface area contributed by atoms with E-state index < -0.39 is 22.0 Å². The van der Waals surface area contributed by atoms with Crippen molar-refractivity contribution in [2.75, 3.05) is 55.4 Å². The van der Waals surface area contributed by atoms with Crippen LogP contribution in [0.5, 0.6) is 0 Å². The molecular weight excluding hydrogens is 455 g/mol. The number of hydrogen-bond donors (Lipinski definition) is 0. The molecule has 1 saturated heterocycles. The van der Waals surface area contributed by atoms with Gasteiger partial charge in [-0.05, 0) is 25.2 Å². The van der Waals surface area contributed by atoms with Crippen molar-refractivity contribution in [1.29, 1.82) is 0 Å². The van der Waals surface area contributed by atoms with Gasteiger partial charge in [0.1, 0.15) is 5.82 Å². The van der Waals surface area contributed by atoms with Gasteiger partial charge in [-0.3, -0.25) is 4.90 Å². The molecule has 2 aromatic rings. The molecular formula is C22H26F3N5O2S. The van der Waals surface area contributed by atoms with Gasteiger partial charge in [0.25, 0.3) is 5.92 Å². The van der Waals surface area contributed by atoms with E-state index in [9.17, 15) is 17.2 Å². The SMILES string of the molecule is CN1CCN(Cc2cccc(-c3ccc4c(n3)N(C)S(=O)(=O)N4CC3CC3(F)F)c2F)CC1. The molecule has 0 spiro atoms. The number of likely N-dealkylation sites (N-methyl/N-ethyl adjacent to an activating group) is 1. The summed E-state index contributed by atoms with van der Waals surface area (Å²) in [7, 11) is -0.613. The molecule has 1 unspecified atom stereocenters. The Labute approximate surface area is 191 Å². The predicted octanol–water partition coefficient (Wildman–Crippen LogP) is 2.79. The van der Waals surface area contributed by atoms with E-state index in [1.807, 2.05) is 0 Å². The molecule has 1 aromatic carbocycles. The predicted molar refractivity (Wildman–Crippen MR) is 120 cm³/mol. The zero-order valence-electron chi connectivity index (χ0n) is 18.5. The quantitative estimate of drug-likeness (QED) is 0.658. The summed E-state index contributed by atoms with van der Waals surface area (Å²) in [6, 6.07) is 8.19. The van der Waals surface area contributed by atoms with Crippen molar-refractivity contribution in [3.8, 4) is 11.3 Å². The molecule has 5 rings (SSSR count). The first-order valence-corrected chi connectivity index (χ1v) is 12.3. The summed E-state index contributed by atoms with van der Waals surface area (Å²) >= 11 is 0. The zero-order chi connectivity index (χ0) is 23.5. The van der Waals surface area contributed by atoms with Crippen LogP contribution in [-0.2, 0) is 16.8 Å². The highest BCUT2D eigenvalue weighted by Gasteiger charge is 2.59. The lowest BCUT2D eigenvalue weighted by Crippen LogP contribution is -2.44. The minimum absolute atomic E-state index is 0.111. The summed E-state index contributed by atoms with van der Waals surface area (Å²) < 4.78 is 69.9. The van der Waals surface area contributed by atoms with E-state index in [2.05, 4.69) is 21.8 Å². The Bertz CT molecular complexity index is 1180. The Morgan fingerprint density at radius 1 is 1.09 bits per heavy atom. The van der Waals surface area contributed by atoms with Gasteiger partial charge in [-0.1, -0.05) is 12.1 Å². The number of halogens is 3. The number of aromatic nitrogens is 1. The van der Waals surface area contributed by atoms with E-state index in [1.165, 1.54) is 13.1 Å². The summed E-state index contributed by atoms with van der Waals surface area (Å²) in [5.74, 6) is -4.12. The molecule has 3 aliphatic rings. The van der Waals surface area contributed by atoms with Gasteiger partial charge in [-0.25, -0.2) is 26.8 Å². The van der Waals surface area contributed by atoms with E-state index in [-0.39, 0.29) is 35.9 Å². The second-order valence-corrected chi connectivity index (χ2v) is 10.9. The van der Waals surface area contributed by atoms with Crippen LogP contribution in [0.25, 0.3) is 11.3 Å². The van der Waals surface area contributed by atoms with Gasteiger partial charge >= 0.3 is 10.2 Å². The number of rotatable bonds is 5. The van der Waals surface area contributed by atoms with Crippen LogP contribution >= 0.6 is 0 Å². The molecule has 33 heavy (non-hydrogen) atoms. The van der Waals surface area contributed by atoms with Crippen LogP contribution in [0.15, 0.2) is 30.3 Å². The van der Waals surface area contributed by atoms with Crippen LogP contribution in [0, 0.1) is 11.7 Å². The van der Waals surface area contributed by atoms with Crippen molar-refractivity contribution < 1.29 is 21.6 Å². The molecule has 0 radical (unpaired) electrons. The van der Waals surface area contributed by atoms with E-state index in [1.54, 1.807) is 24.3 Å². The van der Waals surface area contributed by atoms with Crippen LogP contribution in [0.3, 0.4) is 0 Å². The molecule has 11 heteroatoms. The third-order valence-corrected chi connectivity index (χ3v) is 8.50. The summed E-state index contributed by atoms with van der Waals surface area (Å²) in [5, 5.41) is 0. The van der Waals surface area contributed by atoms with Gasteiger partial charge in [0.2, 0.25) is 0 Å². The monoisotopic (exact) mass is 481 g/mol. The molecule has 1 saturated carbocycles. The molecule has 0 bridgehead atoms. The second-order valence-electron chi connectivity index (χ2n) is 9.07. The van der Waals surface area contributed by atoms with E-state index >= 15 is 4.39 Å². The molecule has 1 aliphatic carbocycles. The van der Waals surface area contributed by atoms with Crippen LogP contribution in [0.1, 0.15) is 12.0 Å². The fraction of sp³-hybridized carbons (Fsp3) is 0.500. The summed E-state index contributed by atoms with van der Waals surface area (Å²) in [5.41, 5.74) is 1.37. The highest BCUT2D eigenvalue weighted by Crippen LogP contribution is 2.51. The van der Waals surface area contributed by atoms with Crippen molar-refractivity contribution in [2.45, 2.75) is 18.9 Å². The van der Waals surface area contributed by atoms with Gasteiger partial charge < -0.3 is 4.90 Å². The third-order valence-electron chi connectivity index (χ3n) is 6.73. The Hall–Kier alpha value is -2.37. The lowest BCUT2D eigenvalue weighted by atomic mass is 10.1. The van der Waals surface area contributed by atoms with E-state index in [0.717, 1.165) is 34.8 Å². The van der Waals surface area contributed by atoms with Gasteiger partial charge in [-0.15, -0.1) is 0 Å². The van der Waals surface area contributed by atoms with Crippen LogP contribution in [0.4, 0.5) is 24.7 Å². The molecule has 0 N–H and O–H groups in total. The maximum Gasteiger partial charge on any atom is 0.327 e. The molecule has 7 nitrogen and oxygen atoms in total. The maximum atomic E-state index is 15.4. The van der Waals surface area contributed by atoms with Crippen molar-refractivity contribution in [3.63, 3.8) is 0 Å². The van der Waals surface area contributed by atoms with Crippen molar-refractivity contribution in [2.24, 2.45) is 5.92 Å². The van der Waals surface area contributed by atoms with Gasteiger partial charge in [-0.2, -0.15) is 8.42 Å². The summed E-state index contributed by atoms with van der Waals surface area (Å²) in [4.78, 5) is 8.86. The summed E-state index contributed by atoms with van der Waals surface area (Å²) in [6.07, 6.45) is -0.325. The fourth-order valence-corrected chi connectivity index (χ4v) is 5.81. The van der Waals surface area contributed by atoms with Crippen molar-refractivity contribution in [3.05, 3.63) is 41.7 Å². The van der Waals surface area contributed by atoms with Gasteiger partial charge in [0, 0.05) is 69.8 Å². The number of hydrogen-bond acceptors (Lipinski definition) is 5. The lowest BCUT2D eigenvalue weighted by molar-refractivity contribution is 0.101. The topological polar surface area (TPSA) is 60.0 Å². The number of alkyl halides is 2. The zero-order valence-corrected chi connectivity index (χ0v) is 19.3. The number of benzene rings is 1. The lowest BCUT2D eigenvalue weighted by Gasteiger charge is -2.32. The van der Waals surface area contributed by atoms with Crippen molar-refractivity contribution >= 4 is 21.7 Å². The van der Waals surface area contributed by atoms with Gasteiger partial charge in [0.15, 0.2) is 5.82 Å². The first-order valence-electron chi connectivity index (χ1n) is 10.9. The number of fused-ring (bicyclic) bond motifs is 1. The van der Waals surface area contributed by atoms with Crippen LogP contribution in [-0.4, -0.2) is 75.9 Å². The highest BCUT2D eigenvalue weighted by molar-refractivity contribution is 7.94. The second kappa shape index (κ2) is 7.85. The molecule has 1 aromatic heterocycles. The van der Waals surface area contributed by atoms with Gasteiger partial charge in [0.05, 0.1) is 11.4 Å². The Kier molecular flexibility index (Phi) is 5.33. The Morgan fingerprint density at radius 2 is 1.79 bits per heavy atom. The Balaban J connectivity index is 1.43. The minimum Gasteiger partial charge on any atom is -0.304 e. The largest absolute Gasteiger partial charge is 0.327 e. The van der Waals surface area contributed by atoms with Crippen molar-refractivity contribution in [1.82, 2.24) is 14.8 Å². The van der Waals surface area contributed by atoms with E-state index in [4.69, 9.17) is 0 Å². The molecule has 178 valence electrons. The molecule has 2 fully saturated rings. The Morgan fingerprint density at radius 3 is 2.45 bits per heavy atom. The molecule has 1 atom stereocenters. The molecule has 2 aliphatic heterocycles. The van der Waals surface area contributed by atoms with Crippen LogP contribution in [0.2, 0.25) is 0 Å². The minimum atomic E-state index is -4.00. The number of anilines is 2. The number of piperazine rings is 1. The first kappa shape index (κ1) is 22.4. The van der Waals surface area contributed by atoms with E-state index in [0.29, 0.717) is 17.8 Å². The number of nitrogens with zero attached hydrogens (tertiary/aromatic N) is 5. The standard InChI is InChI=1S/C22H26F3N5O2S/c1-27-8-10-29(11-9-27)13-15-4-3-5-17(20(15)23)18-6-7-19-21(26-18)28(2)33(31,32)30(19)14-16-12-22(16,24)25/h3-7,16H,8-14H2,1-2H3. The fourth-order valence-electron chi connectivity index (χ4n) is 4.41. The normalized spacial score (nSPS) is 24.2. The average Bonchev–Trinajstić information content (AvgIpc) is 3.34. The highest BCUT2D eigenvalue weighted by atomic mass is 32.2. The summed E-state index contributed by atoms with van der Waals surface area (Å²) in [6.45, 7) is 3.75. The molecule has 0 amide bonds. The van der Waals surface area contributed by atoms with Crippen LogP contribution < -0.4 is 8.61 Å². The third kappa shape index (κ3) is 3.95. The smallest absolute Gasteiger partial charge is 0.304 e.